The van der Waals surface area contributed by atoms with Crippen LogP contribution in [0.15, 0.2) is 0 Å². The van der Waals surface area contributed by atoms with Crippen LogP contribution in [0.4, 0.5) is 0 Å². The number of likely N-dealkylation sites (tertiary alicyclic amines) is 1. The van der Waals surface area contributed by atoms with Gasteiger partial charge in [0.2, 0.25) is 11.6 Å². The Bertz CT molecular complexity index is 514. The minimum Gasteiger partial charge on any atom is -0.465 e. The van der Waals surface area contributed by atoms with Crippen LogP contribution in [0.5, 0.6) is 0 Å². The van der Waals surface area contributed by atoms with Crippen molar-refractivity contribution < 1.29 is 24.0 Å². The maximum atomic E-state index is 11.7. The number of nitrogens with zero attached hydrogens (tertiary/aromatic N) is 1. The number of esters is 1. The summed E-state index contributed by atoms with van der Waals surface area (Å²) in [5.41, 5.74) is 0. The zero-order valence-electron chi connectivity index (χ0n) is 15.1. The van der Waals surface area contributed by atoms with Gasteiger partial charge in [-0.2, -0.15) is 9.78 Å². The Hall–Kier alpha value is -0.690. The zero-order valence-corrected chi connectivity index (χ0v) is 15.1. The monoisotopic (exact) mass is 351 g/mol. The second-order valence-corrected chi connectivity index (χ2v) is 8.79. The molecule has 4 bridgehead atoms. The van der Waals surface area contributed by atoms with Crippen molar-refractivity contribution in [1.82, 2.24) is 4.90 Å². The molecule has 2 saturated heterocycles. The molecule has 25 heavy (non-hydrogen) atoms. The Kier molecular flexibility index (Phi) is 3.90. The van der Waals surface area contributed by atoms with E-state index in [1.807, 2.05) is 6.92 Å². The quantitative estimate of drug-likeness (QED) is 0.575. The van der Waals surface area contributed by atoms with Gasteiger partial charge in [0, 0.05) is 37.8 Å². The summed E-state index contributed by atoms with van der Waals surface area (Å²) >= 11 is 0. The molecule has 0 radical (unpaired) electrons. The number of carbonyl (C=O) groups excluding carboxylic acids is 1. The second-order valence-electron chi connectivity index (χ2n) is 8.79. The van der Waals surface area contributed by atoms with Crippen LogP contribution in [-0.2, 0) is 24.0 Å². The van der Waals surface area contributed by atoms with Gasteiger partial charge in [-0.1, -0.05) is 0 Å². The van der Waals surface area contributed by atoms with Gasteiger partial charge in [0.25, 0.3) is 0 Å². The van der Waals surface area contributed by atoms with E-state index in [4.69, 9.17) is 19.2 Å². The van der Waals surface area contributed by atoms with E-state index in [0.29, 0.717) is 25.0 Å². The van der Waals surface area contributed by atoms with Crippen LogP contribution in [0.3, 0.4) is 0 Å². The van der Waals surface area contributed by atoms with Crippen LogP contribution in [0.1, 0.15) is 51.9 Å². The van der Waals surface area contributed by atoms with Gasteiger partial charge in [-0.15, -0.1) is 0 Å². The zero-order chi connectivity index (χ0) is 17.1. The lowest BCUT2D eigenvalue weighted by atomic mass is 9.53. The molecule has 6 nitrogen and oxygen atoms in total. The van der Waals surface area contributed by atoms with Crippen molar-refractivity contribution in [3.05, 3.63) is 0 Å². The predicted octanol–water partition coefficient (Wildman–Crippen LogP) is 2.47. The molecular weight excluding hydrogens is 322 g/mol. The van der Waals surface area contributed by atoms with Crippen molar-refractivity contribution in [2.45, 2.75) is 63.4 Å². The van der Waals surface area contributed by atoms with Gasteiger partial charge < -0.3 is 9.47 Å². The highest BCUT2D eigenvalue weighted by molar-refractivity contribution is 5.71. The molecule has 0 amide bonds. The minimum atomic E-state index is -0.611. The van der Waals surface area contributed by atoms with E-state index in [1.54, 1.807) is 0 Å². The highest BCUT2D eigenvalue weighted by Crippen LogP contribution is 2.63. The number of carbonyl (C=O) groups is 1. The van der Waals surface area contributed by atoms with E-state index < -0.39 is 11.6 Å². The van der Waals surface area contributed by atoms with Gasteiger partial charge in [0.1, 0.15) is 0 Å². The smallest absolute Gasteiger partial charge is 0.320 e. The van der Waals surface area contributed by atoms with Crippen LogP contribution in [0.25, 0.3) is 0 Å². The Morgan fingerprint density at radius 1 is 1.04 bits per heavy atom. The molecule has 0 aromatic heterocycles. The number of ether oxygens (including phenoxy) is 2. The van der Waals surface area contributed by atoms with E-state index in [0.717, 1.165) is 37.8 Å². The lowest BCUT2D eigenvalue weighted by Crippen LogP contribution is -2.59. The van der Waals surface area contributed by atoms with Gasteiger partial charge in [-0.25, -0.2) is 0 Å². The van der Waals surface area contributed by atoms with Crippen molar-refractivity contribution in [2.24, 2.45) is 23.7 Å². The first-order valence-electron chi connectivity index (χ1n) is 10.1. The van der Waals surface area contributed by atoms with Crippen LogP contribution in [-0.4, -0.2) is 48.7 Å². The van der Waals surface area contributed by atoms with Gasteiger partial charge >= 0.3 is 5.97 Å². The Morgan fingerprint density at radius 3 is 2.28 bits per heavy atom. The minimum absolute atomic E-state index is 0.152. The largest absolute Gasteiger partial charge is 0.465 e. The first kappa shape index (κ1) is 16.5. The standard InChI is InChI=1S/C19H29NO5/c1-2-22-17(21)12-20-5-3-18(4-6-20)23-19(25-24-18)15-8-13-7-14(10-15)11-16(19)9-13/h13-16H,2-12H2,1H3. The fourth-order valence-corrected chi connectivity index (χ4v) is 6.24. The summed E-state index contributed by atoms with van der Waals surface area (Å²) < 4.78 is 11.7. The summed E-state index contributed by atoms with van der Waals surface area (Å²) in [4.78, 5) is 25.7. The molecule has 2 spiro atoms. The molecule has 6 heteroatoms. The average molecular weight is 351 g/mol. The lowest BCUT2D eigenvalue weighted by Gasteiger charge is -2.57. The first-order valence-corrected chi connectivity index (χ1v) is 10.1. The second kappa shape index (κ2) is 5.91. The summed E-state index contributed by atoms with van der Waals surface area (Å²) in [5.74, 6) is 1.51. The summed E-state index contributed by atoms with van der Waals surface area (Å²) in [7, 11) is 0. The molecule has 2 heterocycles. The summed E-state index contributed by atoms with van der Waals surface area (Å²) in [6.45, 7) is 4.18. The first-order chi connectivity index (χ1) is 12.1. The maximum absolute atomic E-state index is 11.7. The van der Waals surface area contributed by atoms with Crippen molar-refractivity contribution in [3.8, 4) is 0 Å². The van der Waals surface area contributed by atoms with E-state index >= 15 is 0 Å². The van der Waals surface area contributed by atoms with Crippen molar-refractivity contribution >= 4 is 5.97 Å². The average Bonchev–Trinajstić information content (AvgIpc) is 2.95. The highest BCUT2D eigenvalue weighted by Gasteiger charge is 2.66. The molecule has 0 unspecified atom stereocenters. The van der Waals surface area contributed by atoms with Gasteiger partial charge in [0.15, 0.2) is 0 Å². The van der Waals surface area contributed by atoms with Crippen molar-refractivity contribution in [2.75, 3.05) is 26.2 Å². The van der Waals surface area contributed by atoms with Crippen LogP contribution < -0.4 is 0 Å². The Morgan fingerprint density at radius 2 is 1.68 bits per heavy atom. The fourth-order valence-electron chi connectivity index (χ4n) is 6.24. The van der Waals surface area contributed by atoms with Crippen molar-refractivity contribution in [1.29, 1.82) is 0 Å². The fraction of sp³-hybridized carbons (Fsp3) is 0.947. The third kappa shape index (κ3) is 2.64. The molecule has 0 aromatic rings. The van der Waals surface area contributed by atoms with Crippen molar-refractivity contribution in [3.63, 3.8) is 0 Å². The molecular formula is C19H29NO5. The molecule has 0 atom stereocenters. The van der Waals surface area contributed by atoms with Gasteiger partial charge in [0.05, 0.1) is 13.2 Å². The third-order valence-corrected chi connectivity index (χ3v) is 7.22. The Balaban J connectivity index is 1.24. The molecule has 6 aliphatic rings. The molecule has 4 saturated carbocycles. The molecule has 0 N–H and O–H groups in total. The summed E-state index contributed by atoms with van der Waals surface area (Å²) in [5, 5.41) is 0. The highest BCUT2D eigenvalue weighted by atomic mass is 17.3. The lowest BCUT2D eigenvalue weighted by molar-refractivity contribution is -0.390. The maximum Gasteiger partial charge on any atom is 0.320 e. The number of rotatable bonds is 3. The molecule has 2 aliphatic heterocycles. The molecule has 4 aliphatic carbocycles. The molecule has 6 fully saturated rings. The molecule has 0 aromatic carbocycles. The predicted molar refractivity (Wildman–Crippen MR) is 88.1 cm³/mol. The van der Waals surface area contributed by atoms with E-state index in [1.165, 1.54) is 32.1 Å². The third-order valence-electron chi connectivity index (χ3n) is 7.22. The number of piperidine rings is 1. The normalized spacial score (nSPS) is 44.7. The SMILES string of the molecule is CCOC(=O)CN1CCC2(CC1)OOC1(O2)C2CC3CC(C2)CC1C3. The van der Waals surface area contributed by atoms with Crippen LogP contribution in [0.2, 0.25) is 0 Å². The van der Waals surface area contributed by atoms with Crippen LogP contribution in [0, 0.1) is 23.7 Å². The van der Waals surface area contributed by atoms with Gasteiger partial charge in [-0.05, 0) is 50.9 Å². The summed E-state index contributed by atoms with van der Waals surface area (Å²) in [6, 6.07) is 0. The molecule has 140 valence electrons. The Labute approximate surface area is 149 Å². The van der Waals surface area contributed by atoms with E-state index in [2.05, 4.69) is 4.90 Å². The van der Waals surface area contributed by atoms with Gasteiger partial charge in [-0.3, -0.25) is 9.69 Å². The summed E-state index contributed by atoms with van der Waals surface area (Å²) in [6.07, 6.45) is 7.87. The molecule has 6 rings (SSSR count). The topological polar surface area (TPSA) is 57.2 Å². The number of hydrogen-bond donors (Lipinski definition) is 0. The van der Waals surface area contributed by atoms with Crippen LogP contribution >= 0.6 is 0 Å². The van der Waals surface area contributed by atoms with E-state index in [9.17, 15) is 4.79 Å². The number of hydrogen-bond acceptors (Lipinski definition) is 6. The van der Waals surface area contributed by atoms with E-state index in [-0.39, 0.29) is 5.97 Å².